The van der Waals surface area contributed by atoms with Crippen LogP contribution in [0.15, 0.2) is 47.4 Å². The topological polar surface area (TPSA) is 79.2 Å². The van der Waals surface area contributed by atoms with Crippen LogP contribution in [-0.2, 0) is 10.0 Å². The van der Waals surface area contributed by atoms with Crippen LogP contribution in [-0.4, -0.2) is 15.5 Å². The molecule has 120 valence electrons. The Kier molecular flexibility index (Phi) is 5.04. The lowest BCUT2D eigenvalue weighted by Gasteiger charge is -2.15. The van der Waals surface area contributed by atoms with Gasteiger partial charge in [0.05, 0.1) is 13.2 Å². The van der Waals surface area contributed by atoms with Crippen molar-refractivity contribution in [1.29, 1.82) is 5.26 Å². The van der Waals surface area contributed by atoms with Crippen molar-refractivity contribution in [1.82, 2.24) is 4.72 Å². The zero-order valence-corrected chi connectivity index (χ0v) is 14.0. The SMILES string of the molecule is COc1ccc(C)cc1S(=O)(=O)NC(C#N)c1ccc(C)cc1. The second-order valence-corrected chi connectivity index (χ2v) is 6.93. The Morgan fingerprint density at radius 2 is 1.70 bits per heavy atom. The highest BCUT2D eigenvalue weighted by atomic mass is 32.2. The number of rotatable bonds is 5. The number of aryl methyl sites for hydroxylation is 2. The molecule has 23 heavy (non-hydrogen) atoms. The molecule has 2 aromatic carbocycles. The highest BCUT2D eigenvalue weighted by Crippen LogP contribution is 2.26. The Hall–Kier alpha value is -2.36. The summed E-state index contributed by atoms with van der Waals surface area (Å²) in [7, 11) is -2.48. The van der Waals surface area contributed by atoms with Crippen LogP contribution in [0.4, 0.5) is 0 Å². The monoisotopic (exact) mass is 330 g/mol. The minimum Gasteiger partial charge on any atom is -0.495 e. The first-order valence-electron chi connectivity index (χ1n) is 7.00. The summed E-state index contributed by atoms with van der Waals surface area (Å²) in [5.41, 5.74) is 2.41. The average Bonchev–Trinajstić information content (AvgIpc) is 2.53. The molecule has 0 fully saturated rings. The summed E-state index contributed by atoms with van der Waals surface area (Å²) < 4.78 is 32.8. The smallest absolute Gasteiger partial charge is 0.245 e. The number of hydrogen-bond donors (Lipinski definition) is 1. The van der Waals surface area contributed by atoms with E-state index in [9.17, 15) is 13.7 Å². The van der Waals surface area contributed by atoms with Gasteiger partial charge in [-0.25, -0.2) is 8.42 Å². The number of nitrogens with zero attached hydrogens (tertiary/aromatic N) is 1. The van der Waals surface area contributed by atoms with Crippen molar-refractivity contribution < 1.29 is 13.2 Å². The zero-order chi connectivity index (χ0) is 17.0. The Bertz CT molecular complexity index is 837. The molecule has 0 aliphatic rings. The quantitative estimate of drug-likeness (QED) is 0.914. The van der Waals surface area contributed by atoms with Gasteiger partial charge in [0.25, 0.3) is 0 Å². The van der Waals surface area contributed by atoms with E-state index in [0.29, 0.717) is 5.56 Å². The molecule has 1 atom stereocenters. The molecule has 0 aliphatic heterocycles. The molecule has 1 N–H and O–H groups in total. The van der Waals surface area contributed by atoms with Crippen molar-refractivity contribution in [2.45, 2.75) is 24.8 Å². The van der Waals surface area contributed by atoms with Gasteiger partial charge < -0.3 is 4.74 Å². The van der Waals surface area contributed by atoms with Gasteiger partial charge >= 0.3 is 0 Å². The minimum absolute atomic E-state index is 0.0207. The van der Waals surface area contributed by atoms with Crippen LogP contribution in [0.1, 0.15) is 22.7 Å². The molecule has 0 radical (unpaired) electrons. The third kappa shape index (κ3) is 3.89. The fourth-order valence-electron chi connectivity index (χ4n) is 2.14. The molecule has 0 amide bonds. The first-order valence-corrected chi connectivity index (χ1v) is 8.49. The number of sulfonamides is 1. The first-order chi connectivity index (χ1) is 10.9. The van der Waals surface area contributed by atoms with Crippen LogP contribution < -0.4 is 9.46 Å². The summed E-state index contributed by atoms with van der Waals surface area (Å²) in [6.45, 7) is 3.72. The van der Waals surface area contributed by atoms with Gasteiger partial charge in [0, 0.05) is 0 Å². The normalized spacial score (nSPS) is 12.4. The second-order valence-electron chi connectivity index (χ2n) is 5.25. The van der Waals surface area contributed by atoms with Crippen LogP contribution >= 0.6 is 0 Å². The maximum atomic E-state index is 12.6. The lowest BCUT2D eigenvalue weighted by atomic mass is 10.1. The van der Waals surface area contributed by atoms with Crippen LogP contribution in [0.5, 0.6) is 5.75 Å². The largest absolute Gasteiger partial charge is 0.495 e. The number of nitriles is 1. The molecule has 0 spiro atoms. The first kappa shape index (κ1) is 17.0. The third-order valence-corrected chi connectivity index (χ3v) is 4.87. The van der Waals surface area contributed by atoms with Gasteiger partial charge in [-0.05, 0) is 37.1 Å². The van der Waals surface area contributed by atoms with Crippen LogP contribution in [0.25, 0.3) is 0 Å². The molecule has 2 rings (SSSR count). The van der Waals surface area contributed by atoms with Crippen LogP contribution in [0, 0.1) is 25.2 Å². The number of benzene rings is 2. The van der Waals surface area contributed by atoms with E-state index < -0.39 is 16.1 Å². The van der Waals surface area contributed by atoms with Crippen LogP contribution in [0.3, 0.4) is 0 Å². The summed E-state index contributed by atoms with van der Waals surface area (Å²) in [5, 5.41) is 9.33. The van der Waals surface area contributed by atoms with E-state index >= 15 is 0 Å². The fourth-order valence-corrected chi connectivity index (χ4v) is 3.52. The zero-order valence-electron chi connectivity index (χ0n) is 13.2. The van der Waals surface area contributed by atoms with Crippen molar-refractivity contribution in [2.75, 3.05) is 7.11 Å². The van der Waals surface area contributed by atoms with Gasteiger partial charge in [0.2, 0.25) is 10.0 Å². The highest BCUT2D eigenvalue weighted by Gasteiger charge is 2.24. The molecule has 6 heteroatoms. The molecule has 5 nitrogen and oxygen atoms in total. The number of nitrogens with one attached hydrogen (secondary N) is 1. The summed E-state index contributed by atoms with van der Waals surface area (Å²) in [4.78, 5) is 0.0207. The summed E-state index contributed by atoms with van der Waals surface area (Å²) in [6, 6.07) is 13.0. The van der Waals surface area contributed by atoms with Gasteiger partial charge in [-0.2, -0.15) is 9.98 Å². The summed E-state index contributed by atoms with van der Waals surface area (Å²) in [6.07, 6.45) is 0. The van der Waals surface area contributed by atoms with Crippen molar-refractivity contribution in [2.24, 2.45) is 0 Å². The second kappa shape index (κ2) is 6.82. The van der Waals surface area contributed by atoms with Gasteiger partial charge in [0.15, 0.2) is 0 Å². The van der Waals surface area contributed by atoms with Crippen molar-refractivity contribution in [3.05, 3.63) is 59.2 Å². The molecule has 2 aromatic rings. The van der Waals surface area contributed by atoms with E-state index in [1.165, 1.54) is 13.2 Å². The average molecular weight is 330 g/mol. The molecule has 0 aromatic heterocycles. The maximum Gasteiger partial charge on any atom is 0.245 e. The summed E-state index contributed by atoms with van der Waals surface area (Å²) >= 11 is 0. The molecule has 1 unspecified atom stereocenters. The van der Waals surface area contributed by atoms with Crippen molar-refractivity contribution in [3.8, 4) is 11.8 Å². The molecule has 0 bridgehead atoms. The molecular weight excluding hydrogens is 312 g/mol. The molecule has 0 saturated carbocycles. The fraction of sp³-hybridized carbons (Fsp3) is 0.235. The third-order valence-electron chi connectivity index (χ3n) is 3.42. The van der Waals surface area contributed by atoms with E-state index in [1.54, 1.807) is 31.2 Å². The van der Waals surface area contributed by atoms with E-state index in [-0.39, 0.29) is 10.6 Å². The number of methoxy groups -OCH3 is 1. The summed E-state index contributed by atoms with van der Waals surface area (Å²) in [5.74, 6) is 0.240. The van der Waals surface area contributed by atoms with Gasteiger partial charge in [-0.1, -0.05) is 35.9 Å². The molecule has 0 saturated heterocycles. The molecule has 0 heterocycles. The Morgan fingerprint density at radius 1 is 1.09 bits per heavy atom. The van der Waals surface area contributed by atoms with Crippen molar-refractivity contribution >= 4 is 10.0 Å². The lowest BCUT2D eigenvalue weighted by molar-refractivity contribution is 0.402. The number of ether oxygens (including phenoxy) is 1. The highest BCUT2D eigenvalue weighted by molar-refractivity contribution is 7.89. The van der Waals surface area contributed by atoms with Crippen LogP contribution in [0.2, 0.25) is 0 Å². The van der Waals surface area contributed by atoms with Gasteiger partial charge in [-0.15, -0.1) is 0 Å². The predicted octanol–water partition coefficient (Wildman–Crippen LogP) is 2.86. The number of hydrogen-bond acceptors (Lipinski definition) is 4. The van der Waals surface area contributed by atoms with Crippen molar-refractivity contribution in [3.63, 3.8) is 0 Å². The Morgan fingerprint density at radius 3 is 2.26 bits per heavy atom. The van der Waals surface area contributed by atoms with E-state index in [0.717, 1.165) is 11.1 Å². The Labute approximate surface area is 136 Å². The molecule has 0 aliphatic carbocycles. The van der Waals surface area contributed by atoms with E-state index in [1.807, 2.05) is 25.1 Å². The predicted molar refractivity (Wildman–Crippen MR) is 87.6 cm³/mol. The van der Waals surface area contributed by atoms with E-state index in [2.05, 4.69) is 4.72 Å². The minimum atomic E-state index is -3.89. The van der Waals surface area contributed by atoms with Gasteiger partial charge in [0.1, 0.15) is 16.7 Å². The maximum absolute atomic E-state index is 12.6. The molecular formula is C17H18N2O3S. The van der Waals surface area contributed by atoms with Gasteiger partial charge in [-0.3, -0.25) is 0 Å². The van der Waals surface area contributed by atoms with E-state index in [4.69, 9.17) is 4.74 Å². The standard InChI is InChI=1S/C17H18N2O3S/c1-12-4-7-14(8-5-12)15(11-18)19-23(20,21)17-10-13(2)6-9-16(17)22-3/h4-10,15,19H,1-3H3. The lowest BCUT2D eigenvalue weighted by Crippen LogP contribution is -2.28. The Balaban J connectivity index is 2.38.